The Kier molecular flexibility index (Phi) is 10.2. The molecule has 0 saturated carbocycles. The Morgan fingerprint density at radius 3 is 0.800 bits per heavy atom. The molecular formula is C90H56B5N5. The van der Waals surface area contributed by atoms with E-state index in [2.05, 4.69) is 316 Å². The lowest BCUT2D eigenvalue weighted by Gasteiger charge is -2.57. The van der Waals surface area contributed by atoms with Crippen LogP contribution in [0, 0.1) is 0 Å². The van der Waals surface area contributed by atoms with Crippen LogP contribution in [0.25, 0.3) is 88.3 Å². The maximum absolute atomic E-state index is 2.96. The summed E-state index contributed by atoms with van der Waals surface area (Å²) in [5.41, 5.74) is 46.0. The third-order valence-electron chi connectivity index (χ3n) is 25.0. The van der Waals surface area contributed by atoms with Crippen molar-refractivity contribution in [2.75, 3.05) is 50.3 Å². The van der Waals surface area contributed by atoms with Crippen molar-refractivity contribution in [3.63, 3.8) is 0 Å². The van der Waals surface area contributed by atoms with Crippen LogP contribution in [-0.2, 0) is 0 Å². The lowest BCUT2D eigenvalue weighted by atomic mass is 9.26. The number of nitrogens with zero attached hydrogens (tertiary/aromatic N) is 5. The van der Waals surface area contributed by atoms with Crippen molar-refractivity contribution in [3.8, 4) is 66.8 Å². The molecular weight excluding hydrogens is 1210 g/mol. The van der Waals surface area contributed by atoms with Crippen LogP contribution < -0.4 is 84.6 Å². The van der Waals surface area contributed by atoms with Crippen LogP contribution in [-0.4, -0.2) is 59.3 Å². The maximum atomic E-state index is 2.96. The topological polar surface area (TPSA) is 16.2 Å². The second kappa shape index (κ2) is 19.1. The van der Waals surface area contributed by atoms with Gasteiger partial charge in [-0.05, 0) is 158 Å². The molecule has 25 rings (SSSR count). The SMILES string of the molecule is c1ccc(-c2ccc3c(c2)B2c4cc(-c5ccccc5)ccc4N4c5ccc(-c6ccccc6)cc5B5CN6CB7c8cc(-c9ccccc9)ccc8N8c9ccc(-c%10ccccc%10)cc9B9c%10cc(-c%11ccccc%11)ccc%10N%10CB%11CN3c3c2c4c5c2c6c4c7c8c9c%10c4c%11c32)cc1. The highest BCUT2D eigenvalue weighted by Crippen LogP contribution is 2.57. The normalized spacial score (nSPS) is 15.2. The van der Waals surface area contributed by atoms with E-state index in [0.29, 0.717) is 0 Å². The van der Waals surface area contributed by atoms with Gasteiger partial charge in [0, 0.05) is 104 Å². The predicted octanol–water partition coefficient (Wildman–Crippen LogP) is 13.1. The van der Waals surface area contributed by atoms with E-state index in [0.717, 1.165) is 25.8 Å². The Labute approximate surface area is 582 Å². The van der Waals surface area contributed by atoms with Crippen molar-refractivity contribution >= 4 is 178 Å². The average molecular weight is 1260 g/mol. The number of benzene rings is 15. The van der Waals surface area contributed by atoms with E-state index in [9.17, 15) is 0 Å². The quantitative estimate of drug-likeness (QED) is 0.121. The summed E-state index contributed by atoms with van der Waals surface area (Å²) >= 11 is 0. The zero-order valence-electron chi connectivity index (χ0n) is 54.7. The van der Waals surface area contributed by atoms with Gasteiger partial charge < -0.3 is 24.5 Å². The van der Waals surface area contributed by atoms with E-state index in [1.54, 1.807) is 5.46 Å². The Hall–Kier alpha value is -11.9. The van der Waals surface area contributed by atoms with E-state index in [1.165, 1.54) is 205 Å². The largest absolute Gasteiger partial charge is 0.384 e. The molecule has 0 radical (unpaired) electrons. The van der Waals surface area contributed by atoms with Gasteiger partial charge in [0.2, 0.25) is 20.1 Å². The van der Waals surface area contributed by atoms with Crippen molar-refractivity contribution in [2.45, 2.75) is 0 Å². The van der Waals surface area contributed by atoms with Crippen LogP contribution in [0.15, 0.2) is 291 Å². The van der Waals surface area contributed by atoms with Gasteiger partial charge in [-0.3, -0.25) is 0 Å². The molecule has 456 valence electrons. The van der Waals surface area contributed by atoms with Crippen LogP contribution >= 0.6 is 0 Å². The van der Waals surface area contributed by atoms with Gasteiger partial charge in [0.15, 0.2) is 0 Å². The molecule has 15 aromatic rings. The molecule has 0 fully saturated rings. The van der Waals surface area contributed by atoms with E-state index >= 15 is 0 Å². The number of fused-ring (bicyclic) bond motifs is 18. The molecule has 15 aromatic carbocycles. The molecule has 0 aromatic heterocycles. The van der Waals surface area contributed by atoms with E-state index < -0.39 is 0 Å². The fourth-order valence-electron chi connectivity index (χ4n) is 21.2. The number of rotatable bonds is 6. The molecule has 10 aliphatic heterocycles. The number of hydrogen-bond acceptors (Lipinski definition) is 5. The van der Waals surface area contributed by atoms with Gasteiger partial charge in [0.25, 0.3) is 13.4 Å². The van der Waals surface area contributed by atoms with Gasteiger partial charge in [0.1, 0.15) is 0 Å². The molecule has 10 heterocycles. The molecule has 0 amide bonds. The van der Waals surface area contributed by atoms with Gasteiger partial charge >= 0.3 is 0 Å². The molecule has 100 heavy (non-hydrogen) atoms. The summed E-state index contributed by atoms with van der Waals surface area (Å²) in [6, 6.07) is 112. The highest BCUT2D eigenvalue weighted by Gasteiger charge is 2.59. The van der Waals surface area contributed by atoms with Crippen molar-refractivity contribution in [3.05, 3.63) is 291 Å². The fourth-order valence-corrected chi connectivity index (χ4v) is 21.2. The third kappa shape index (κ3) is 6.66. The van der Waals surface area contributed by atoms with Crippen molar-refractivity contribution in [1.82, 2.24) is 0 Å². The van der Waals surface area contributed by atoms with Crippen LogP contribution in [0.3, 0.4) is 0 Å². The fraction of sp³-hybridized carbons (Fsp3) is 0.0444. The zero-order valence-corrected chi connectivity index (χ0v) is 54.7. The Bertz CT molecular complexity index is 5860. The summed E-state index contributed by atoms with van der Waals surface area (Å²) in [5, 5.41) is 5.98. The minimum absolute atomic E-state index is 0.0446. The summed E-state index contributed by atoms with van der Waals surface area (Å²) in [4.78, 5) is 14.3. The number of hydrogen-bond donors (Lipinski definition) is 0. The van der Waals surface area contributed by atoms with Gasteiger partial charge in [-0.1, -0.05) is 260 Å². The predicted molar refractivity (Wildman–Crippen MR) is 427 cm³/mol. The first-order chi connectivity index (χ1) is 49.6. The Morgan fingerprint density at radius 2 is 0.480 bits per heavy atom. The van der Waals surface area contributed by atoms with E-state index in [1.807, 2.05) is 0 Å². The molecule has 0 saturated heterocycles. The molecule has 0 N–H and O–H groups in total. The molecule has 0 bridgehead atoms. The molecule has 10 heteroatoms. The minimum atomic E-state index is -0.0446. The highest BCUT2D eigenvalue weighted by atomic mass is 15.2. The van der Waals surface area contributed by atoms with Gasteiger partial charge in [-0.25, -0.2) is 0 Å². The summed E-state index contributed by atoms with van der Waals surface area (Å²) in [7, 11) is 0. The summed E-state index contributed by atoms with van der Waals surface area (Å²) in [6.07, 6.45) is 3.46. The van der Waals surface area contributed by atoms with Gasteiger partial charge in [-0.2, -0.15) is 0 Å². The standard InChI is InChI=1S/C90H56B5N5/c1-7-19-53(20-8-1)59-33-39-73-65(43-59)92-51-96-52-93-66-44-60(54-21-9-2-10-22-54)34-40-74(66)100-76-42-36-64(58-29-17-6-18-30-58)48-70(76)95-68-46-62(56-25-13-4-14-26-56)32-38-72(68)98-50-91-49-97-71-37-31-61(55-23-11-3-12-24-55)45-67(71)94-69-47-63(57-27-15-5-16-28-57)35-41-75(69)99(73)89-82(92)79-77(87(97)84(89)94)81(91)78-80(86(79)96)83(93)90(100)85(95)88(78)98/h1-48H,49-52H2. The zero-order chi connectivity index (χ0) is 64.5. The van der Waals surface area contributed by atoms with Crippen LogP contribution in [0.1, 0.15) is 0 Å². The van der Waals surface area contributed by atoms with Crippen molar-refractivity contribution in [1.29, 1.82) is 0 Å². The molecule has 0 aliphatic carbocycles. The van der Waals surface area contributed by atoms with E-state index in [-0.39, 0.29) is 33.6 Å². The Morgan fingerprint density at radius 1 is 0.210 bits per heavy atom. The average Bonchev–Trinajstić information content (AvgIpc) is 0.637. The molecule has 10 aliphatic rings. The second-order valence-electron chi connectivity index (χ2n) is 29.6. The summed E-state index contributed by atoms with van der Waals surface area (Å²) in [6.45, 7) is 0.230. The third-order valence-corrected chi connectivity index (χ3v) is 25.0. The first-order valence-corrected chi connectivity index (χ1v) is 35.9. The Balaban J connectivity index is 0.865. The second-order valence-corrected chi connectivity index (χ2v) is 29.6. The van der Waals surface area contributed by atoms with Gasteiger partial charge in [0.05, 0.1) is 5.69 Å². The van der Waals surface area contributed by atoms with Crippen LogP contribution in [0.5, 0.6) is 0 Å². The smallest absolute Gasteiger partial charge is 0.252 e. The molecule has 5 nitrogen and oxygen atoms in total. The van der Waals surface area contributed by atoms with Crippen LogP contribution in [0.4, 0.5) is 62.6 Å². The molecule has 0 atom stereocenters. The molecule has 0 unspecified atom stereocenters. The first-order valence-electron chi connectivity index (χ1n) is 35.9. The highest BCUT2D eigenvalue weighted by molar-refractivity contribution is 7.06. The van der Waals surface area contributed by atoms with Crippen molar-refractivity contribution in [2.24, 2.45) is 0 Å². The lowest BCUT2D eigenvalue weighted by Crippen LogP contribution is -2.73. The first kappa shape index (κ1) is 53.2. The van der Waals surface area contributed by atoms with Gasteiger partial charge in [-0.15, -0.1) is 0 Å². The van der Waals surface area contributed by atoms with Crippen molar-refractivity contribution < 1.29 is 0 Å². The van der Waals surface area contributed by atoms with Crippen LogP contribution in [0.2, 0.25) is 0 Å². The lowest BCUT2D eigenvalue weighted by molar-refractivity contribution is 1.03. The maximum Gasteiger partial charge on any atom is 0.252 e. The summed E-state index contributed by atoms with van der Waals surface area (Å²) in [5.74, 6) is 0. The number of anilines is 11. The monoisotopic (exact) mass is 1260 g/mol. The van der Waals surface area contributed by atoms with E-state index in [4.69, 9.17) is 0 Å². The molecule has 0 spiro atoms. The summed E-state index contributed by atoms with van der Waals surface area (Å²) < 4.78 is 0. The minimum Gasteiger partial charge on any atom is -0.384 e.